The standard InChI is InChI=1S/C20H34N6.HI/c1-6-21-20(22-14-18-8-7-9-19(23-18)25(4)5)24-17-10-12-26(13-11-17)15-16(2)3;/h7-9,17H,2,6,10-15H2,1,3-5H3,(H2,21,22,24);1H. The Kier molecular flexibility index (Phi) is 10.7. The summed E-state index contributed by atoms with van der Waals surface area (Å²) in [4.78, 5) is 13.9. The summed E-state index contributed by atoms with van der Waals surface area (Å²) in [5.41, 5.74) is 2.21. The molecule has 0 aromatic carbocycles. The number of likely N-dealkylation sites (tertiary alicyclic amines) is 1. The summed E-state index contributed by atoms with van der Waals surface area (Å²) in [6, 6.07) is 6.53. The van der Waals surface area contributed by atoms with Crippen LogP contribution in [0.1, 0.15) is 32.4 Å². The fourth-order valence-electron chi connectivity index (χ4n) is 3.09. The third-order valence-electron chi connectivity index (χ3n) is 4.42. The zero-order valence-electron chi connectivity index (χ0n) is 17.2. The Labute approximate surface area is 181 Å². The molecule has 6 nitrogen and oxygen atoms in total. The number of rotatable bonds is 7. The molecule has 1 saturated heterocycles. The van der Waals surface area contributed by atoms with Crippen LogP contribution in [0.2, 0.25) is 0 Å². The Hall–Kier alpha value is -1.35. The van der Waals surface area contributed by atoms with Gasteiger partial charge in [0.15, 0.2) is 5.96 Å². The summed E-state index contributed by atoms with van der Waals surface area (Å²) in [5, 5.41) is 6.94. The third kappa shape index (κ3) is 8.47. The van der Waals surface area contributed by atoms with Gasteiger partial charge < -0.3 is 15.5 Å². The van der Waals surface area contributed by atoms with E-state index < -0.39 is 0 Å². The first-order chi connectivity index (χ1) is 12.5. The second-order valence-corrected chi connectivity index (χ2v) is 7.23. The second-order valence-electron chi connectivity index (χ2n) is 7.23. The van der Waals surface area contributed by atoms with Crippen molar-refractivity contribution in [1.29, 1.82) is 0 Å². The van der Waals surface area contributed by atoms with E-state index in [0.717, 1.165) is 56.5 Å². The van der Waals surface area contributed by atoms with Crippen LogP contribution in [0.25, 0.3) is 0 Å². The normalized spacial score (nSPS) is 15.8. The molecule has 2 rings (SSSR count). The maximum atomic E-state index is 4.73. The van der Waals surface area contributed by atoms with E-state index in [-0.39, 0.29) is 24.0 Å². The van der Waals surface area contributed by atoms with Crippen LogP contribution in [0.5, 0.6) is 0 Å². The van der Waals surface area contributed by atoms with E-state index in [4.69, 9.17) is 4.99 Å². The molecule has 2 N–H and O–H groups in total. The summed E-state index contributed by atoms with van der Waals surface area (Å²) in [7, 11) is 4.00. The number of anilines is 1. The molecule has 1 fully saturated rings. The summed E-state index contributed by atoms with van der Waals surface area (Å²) >= 11 is 0. The van der Waals surface area contributed by atoms with E-state index in [2.05, 4.69) is 40.9 Å². The van der Waals surface area contributed by atoms with Crippen molar-refractivity contribution in [2.45, 2.75) is 39.3 Å². The summed E-state index contributed by atoms with van der Waals surface area (Å²) in [5.74, 6) is 1.84. The number of piperidine rings is 1. The highest BCUT2D eigenvalue weighted by atomic mass is 127. The van der Waals surface area contributed by atoms with Crippen LogP contribution in [-0.4, -0.2) is 62.2 Å². The Morgan fingerprint density at radius 2 is 2.04 bits per heavy atom. The first-order valence-electron chi connectivity index (χ1n) is 9.52. The molecule has 1 aromatic heterocycles. The van der Waals surface area contributed by atoms with Crippen molar-refractivity contribution in [3.05, 3.63) is 36.0 Å². The summed E-state index contributed by atoms with van der Waals surface area (Å²) < 4.78 is 0. The smallest absolute Gasteiger partial charge is 0.191 e. The fraction of sp³-hybridized carbons (Fsp3) is 0.600. The van der Waals surface area contributed by atoms with Crippen molar-refractivity contribution in [3.8, 4) is 0 Å². The molecule has 1 aliphatic rings. The lowest BCUT2D eigenvalue weighted by molar-refractivity contribution is 0.221. The maximum Gasteiger partial charge on any atom is 0.191 e. The van der Waals surface area contributed by atoms with Crippen LogP contribution in [0.15, 0.2) is 35.3 Å². The molecule has 2 heterocycles. The number of hydrogen-bond acceptors (Lipinski definition) is 4. The van der Waals surface area contributed by atoms with Gasteiger partial charge in [-0.1, -0.05) is 18.2 Å². The molecule has 0 amide bonds. The number of aromatic nitrogens is 1. The Balaban J connectivity index is 0.00000364. The van der Waals surface area contributed by atoms with Gasteiger partial charge in [-0.3, -0.25) is 4.90 Å². The van der Waals surface area contributed by atoms with E-state index in [9.17, 15) is 0 Å². The molecule has 0 aliphatic carbocycles. The molecule has 0 atom stereocenters. The van der Waals surface area contributed by atoms with Crippen molar-refractivity contribution in [3.63, 3.8) is 0 Å². The lowest BCUT2D eigenvalue weighted by Crippen LogP contribution is -2.48. The Morgan fingerprint density at radius 3 is 2.63 bits per heavy atom. The van der Waals surface area contributed by atoms with Crippen LogP contribution in [-0.2, 0) is 6.54 Å². The minimum absolute atomic E-state index is 0. The third-order valence-corrected chi connectivity index (χ3v) is 4.42. The van der Waals surface area contributed by atoms with Crippen molar-refractivity contribution < 1.29 is 0 Å². The number of nitrogens with zero attached hydrogens (tertiary/aromatic N) is 4. The molecule has 0 unspecified atom stereocenters. The molecular weight excluding hydrogens is 451 g/mol. The van der Waals surface area contributed by atoms with Crippen molar-refractivity contribution >= 4 is 35.8 Å². The van der Waals surface area contributed by atoms with Gasteiger partial charge in [0.05, 0.1) is 12.2 Å². The lowest BCUT2D eigenvalue weighted by atomic mass is 10.0. The zero-order valence-corrected chi connectivity index (χ0v) is 19.5. The van der Waals surface area contributed by atoms with Crippen molar-refractivity contribution in [2.75, 3.05) is 45.2 Å². The number of halogens is 1. The molecule has 0 spiro atoms. The second kappa shape index (κ2) is 12.2. The largest absolute Gasteiger partial charge is 0.363 e. The maximum absolute atomic E-state index is 4.73. The number of guanidine groups is 1. The highest BCUT2D eigenvalue weighted by Crippen LogP contribution is 2.12. The van der Waals surface area contributed by atoms with Crippen LogP contribution < -0.4 is 15.5 Å². The minimum atomic E-state index is 0. The van der Waals surface area contributed by atoms with Gasteiger partial charge in [0.2, 0.25) is 0 Å². The fourth-order valence-corrected chi connectivity index (χ4v) is 3.09. The topological polar surface area (TPSA) is 55.8 Å². The first-order valence-corrected chi connectivity index (χ1v) is 9.52. The molecule has 0 bridgehead atoms. The van der Waals surface area contributed by atoms with Crippen molar-refractivity contribution in [1.82, 2.24) is 20.5 Å². The van der Waals surface area contributed by atoms with Crippen LogP contribution in [0.4, 0.5) is 5.82 Å². The molecular formula is C20H35IN6. The van der Waals surface area contributed by atoms with E-state index in [1.54, 1.807) is 0 Å². The van der Waals surface area contributed by atoms with E-state index in [1.807, 2.05) is 37.2 Å². The first kappa shape index (κ1) is 23.7. The van der Waals surface area contributed by atoms with Gasteiger partial charge >= 0.3 is 0 Å². The molecule has 27 heavy (non-hydrogen) atoms. The Bertz CT molecular complexity index is 608. The lowest BCUT2D eigenvalue weighted by Gasteiger charge is -2.33. The van der Waals surface area contributed by atoms with Crippen LogP contribution in [0, 0.1) is 0 Å². The molecule has 0 radical (unpaired) electrons. The van der Waals surface area contributed by atoms with E-state index >= 15 is 0 Å². The SMILES string of the molecule is C=C(C)CN1CCC(NC(=NCc2cccc(N(C)C)n2)NCC)CC1.I. The highest BCUT2D eigenvalue weighted by Gasteiger charge is 2.19. The zero-order chi connectivity index (χ0) is 18.9. The predicted molar refractivity (Wildman–Crippen MR) is 126 cm³/mol. The predicted octanol–water partition coefficient (Wildman–Crippen LogP) is 2.86. The van der Waals surface area contributed by atoms with Gasteiger partial charge in [-0.05, 0) is 38.8 Å². The van der Waals surface area contributed by atoms with Gasteiger partial charge in [0.1, 0.15) is 5.82 Å². The highest BCUT2D eigenvalue weighted by molar-refractivity contribution is 14.0. The van der Waals surface area contributed by atoms with Gasteiger partial charge in [-0.15, -0.1) is 24.0 Å². The van der Waals surface area contributed by atoms with Crippen LogP contribution >= 0.6 is 24.0 Å². The number of pyridine rings is 1. The molecule has 1 aromatic rings. The van der Waals surface area contributed by atoms with Crippen LogP contribution in [0.3, 0.4) is 0 Å². The molecule has 0 saturated carbocycles. The number of aliphatic imine (C=N–C) groups is 1. The monoisotopic (exact) mass is 486 g/mol. The van der Waals surface area contributed by atoms with Gasteiger partial charge in [-0.25, -0.2) is 9.98 Å². The molecule has 7 heteroatoms. The number of hydrogen-bond donors (Lipinski definition) is 2. The van der Waals surface area contributed by atoms with Gasteiger partial charge in [0, 0.05) is 46.3 Å². The molecule has 152 valence electrons. The quantitative estimate of drug-likeness (QED) is 0.269. The Morgan fingerprint density at radius 1 is 1.33 bits per heavy atom. The average molecular weight is 486 g/mol. The summed E-state index contributed by atoms with van der Waals surface area (Å²) in [6.45, 7) is 12.9. The average Bonchev–Trinajstić information content (AvgIpc) is 2.61. The number of nitrogens with one attached hydrogen (secondary N) is 2. The molecule has 1 aliphatic heterocycles. The van der Waals surface area contributed by atoms with E-state index in [0.29, 0.717) is 12.6 Å². The van der Waals surface area contributed by atoms with Gasteiger partial charge in [-0.2, -0.15) is 0 Å². The van der Waals surface area contributed by atoms with Gasteiger partial charge in [0.25, 0.3) is 0 Å². The summed E-state index contributed by atoms with van der Waals surface area (Å²) in [6.07, 6.45) is 2.26. The van der Waals surface area contributed by atoms with Crippen molar-refractivity contribution in [2.24, 2.45) is 4.99 Å². The van der Waals surface area contributed by atoms with E-state index in [1.165, 1.54) is 5.57 Å². The minimum Gasteiger partial charge on any atom is -0.363 e.